The molecule has 0 radical (unpaired) electrons. The molecule has 1 N–H and O–H groups in total. The largest absolute Gasteiger partial charge is 0.341 e. The van der Waals surface area contributed by atoms with Crippen molar-refractivity contribution in [3.05, 3.63) is 45.7 Å². The molecule has 5 heteroatoms. The monoisotopic (exact) mass is 312 g/mol. The molecule has 0 saturated carbocycles. The van der Waals surface area contributed by atoms with Crippen molar-refractivity contribution >= 4 is 22.4 Å². The summed E-state index contributed by atoms with van der Waals surface area (Å²) in [5.41, 5.74) is 6.60. The molecule has 22 heavy (non-hydrogen) atoms. The fourth-order valence-corrected chi connectivity index (χ4v) is 4.09. The normalized spacial score (nSPS) is 19.3. The van der Waals surface area contributed by atoms with Crippen molar-refractivity contribution in [2.24, 2.45) is 0 Å². The highest BCUT2D eigenvalue weighted by Gasteiger charge is 2.29. The molecule has 114 valence electrons. The van der Waals surface area contributed by atoms with Gasteiger partial charge in [0.1, 0.15) is 5.82 Å². The summed E-state index contributed by atoms with van der Waals surface area (Å²) in [6.45, 7) is 6.34. The second-order valence-electron chi connectivity index (χ2n) is 6.13. The average Bonchev–Trinajstić information content (AvgIpc) is 3.19. The van der Waals surface area contributed by atoms with Crippen molar-refractivity contribution in [2.45, 2.75) is 39.3 Å². The van der Waals surface area contributed by atoms with Gasteiger partial charge in [-0.2, -0.15) is 0 Å². The van der Waals surface area contributed by atoms with E-state index in [0.29, 0.717) is 6.04 Å². The van der Waals surface area contributed by atoms with Crippen molar-refractivity contribution in [2.75, 3.05) is 6.54 Å². The van der Waals surface area contributed by atoms with Crippen LogP contribution >= 0.6 is 11.3 Å². The third-order valence-corrected chi connectivity index (χ3v) is 5.45. The van der Waals surface area contributed by atoms with Gasteiger partial charge in [-0.15, -0.1) is 11.3 Å². The second-order valence-corrected chi connectivity index (χ2v) is 7.07. The number of benzene rings is 1. The third kappa shape index (κ3) is 2.44. The van der Waals surface area contributed by atoms with Gasteiger partial charge in [-0.25, -0.2) is 9.97 Å². The minimum atomic E-state index is 0.397. The smallest absolute Gasteiger partial charge is 0.124 e. The number of hydrogen-bond acceptors (Lipinski definition) is 4. The Bertz CT molecular complexity index is 804. The molecule has 0 amide bonds. The number of H-pyrrole nitrogens is 1. The van der Waals surface area contributed by atoms with Crippen molar-refractivity contribution in [1.29, 1.82) is 0 Å². The molecule has 3 aromatic rings. The first-order valence-corrected chi connectivity index (χ1v) is 8.68. The summed E-state index contributed by atoms with van der Waals surface area (Å²) in [5, 5.41) is 0. The molecule has 1 atom stereocenters. The van der Waals surface area contributed by atoms with Crippen LogP contribution in [0.25, 0.3) is 11.0 Å². The van der Waals surface area contributed by atoms with E-state index in [9.17, 15) is 0 Å². The maximum atomic E-state index is 4.83. The molecule has 0 bridgehead atoms. The minimum Gasteiger partial charge on any atom is -0.341 e. The maximum absolute atomic E-state index is 4.83. The number of hydrogen-bond donors (Lipinski definition) is 1. The Hall–Kier alpha value is -1.72. The van der Waals surface area contributed by atoms with Gasteiger partial charge in [0.15, 0.2) is 0 Å². The molecule has 0 unspecified atom stereocenters. The van der Waals surface area contributed by atoms with Crippen LogP contribution in [0, 0.1) is 13.8 Å². The Kier molecular flexibility index (Phi) is 3.47. The van der Waals surface area contributed by atoms with Gasteiger partial charge in [-0.05, 0) is 50.9 Å². The molecule has 0 aliphatic carbocycles. The van der Waals surface area contributed by atoms with Crippen LogP contribution in [0.15, 0.2) is 23.7 Å². The molecule has 1 aliphatic heterocycles. The topological polar surface area (TPSA) is 44.8 Å². The molecule has 2 aromatic heterocycles. The molecule has 4 rings (SSSR count). The summed E-state index contributed by atoms with van der Waals surface area (Å²) in [7, 11) is 0. The molecular formula is C17H20N4S. The zero-order valence-electron chi connectivity index (χ0n) is 13.0. The number of aromatic nitrogens is 3. The van der Waals surface area contributed by atoms with E-state index in [1.807, 2.05) is 5.51 Å². The number of rotatable bonds is 3. The number of aryl methyl sites for hydroxylation is 2. The van der Waals surface area contributed by atoms with Gasteiger partial charge in [-0.3, -0.25) is 4.90 Å². The van der Waals surface area contributed by atoms with Crippen LogP contribution in [-0.4, -0.2) is 26.4 Å². The maximum Gasteiger partial charge on any atom is 0.124 e. The van der Waals surface area contributed by atoms with Crippen LogP contribution in [0.3, 0.4) is 0 Å². The van der Waals surface area contributed by atoms with E-state index < -0.39 is 0 Å². The summed E-state index contributed by atoms with van der Waals surface area (Å²) in [5.74, 6) is 1.11. The van der Waals surface area contributed by atoms with Crippen LogP contribution in [0.4, 0.5) is 0 Å². The van der Waals surface area contributed by atoms with Crippen LogP contribution in [-0.2, 0) is 6.54 Å². The zero-order valence-corrected chi connectivity index (χ0v) is 13.8. The van der Waals surface area contributed by atoms with Gasteiger partial charge in [-0.1, -0.05) is 6.07 Å². The first kappa shape index (κ1) is 13.9. The second kappa shape index (κ2) is 5.48. The summed E-state index contributed by atoms with van der Waals surface area (Å²) in [6, 6.07) is 6.81. The van der Waals surface area contributed by atoms with E-state index in [4.69, 9.17) is 4.98 Å². The first-order chi connectivity index (χ1) is 10.7. The fraction of sp³-hybridized carbons (Fsp3) is 0.412. The lowest BCUT2D eigenvalue weighted by Crippen LogP contribution is -2.23. The average molecular weight is 312 g/mol. The SMILES string of the molecule is Cc1ccc2nc([C@@H]3CCCN3Cc3scnc3C)[nH]c2c1. The lowest BCUT2D eigenvalue weighted by atomic mass is 10.2. The van der Waals surface area contributed by atoms with Gasteiger partial charge in [0, 0.05) is 11.4 Å². The Balaban J connectivity index is 1.63. The van der Waals surface area contributed by atoms with Crippen molar-refractivity contribution in [1.82, 2.24) is 19.9 Å². The lowest BCUT2D eigenvalue weighted by molar-refractivity contribution is 0.242. The first-order valence-electron chi connectivity index (χ1n) is 7.80. The van der Waals surface area contributed by atoms with Crippen LogP contribution in [0.2, 0.25) is 0 Å². The Morgan fingerprint density at radius 3 is 3.09 bits per heavy atom. The van der Waals surface area contributed by atoms with Gasteiger partial charge in [0.2, 0.25) is 0 Å². The van der Waals surface area contributed by atoms with E-state index in [-0.39, 0.29) is 0 Å². The van der Waals surface area contributed by atoms with Gasteiger partial charge in [0.25, 0.3) is 0 Å². The minimum absolute atomic E-state index is 0.397. The molecule has 1 aliphatic rings. The fourth-order valence-electron chi connectivity index (χ4n) is 3.29. The summed E-state index contributed by atoms with van der Waals surface area (Å²) in [4.78, 5) is 16.6. The number of imidazole rings is 1. The third-order valence-electron chi connectivity index (χ3n) is 4.53. The number of nitrogens with zero attached hydrogens (tertiary/aromatic N) is 3. The molecule has 0 spiro atoms. The quantitative estimate of drug-likeness (QED) is 0.796. The Morgan fingerprint density at radius 2 is 2.27 bits per heavy atom. The molecule has 1 fully saturated rings. The predicted octanol–water partition coefficient (Wildman–Crippen LogP) is 3.97. The van der Waals surface area contributed by atoms with E-state index in [1.165, 1.54) is 23.3 Å². The van der Waals surface area contributed by atoms with Crippen LogP contribution in [0.1, 0.15) is 40.8 Å². The van der Waals surface area contributed by atoms with E-state index >= 15 is 0 Å². The summed E-state index contributed by atoms with van der Waals surface area (Å²) in [6.07, 6.45) is 2.41. The molecular weight excluding hydrogens is 292 g/mol. The van der Waals surface area contributed by atoms with Gasteiger partial charge >= 0.3 is 0 Å². The summed E-state index contributed by atoms with van der Waals surface area (Å²) < 4.78 is 0. The van der Waals surface area contributed by atoms with E-state index in [1.54, 1.807) is 11.3 Å². The predicted molar refractivity (Wildman–Crippen MR) is 90.1 cm³/mol. The standard InChI is InChI=1S/C17H20N4S/c1-11-5-6-13-14(8-11)20-17(19-13)15-4-3-7-21(15)9-16-12(2)18-10-22-16/h5-6,8,10,15H,3-4,7,9H2,1-2H3,(H,19,20)/t15-/m0/s1. The Morgan fingerprint density at radius 1 is 1.36 bits per heavy atom. The highest BCUT2D eigenvalue weighted by atomic mass is 32.1. The number of fused-ring (bicyclic) bond motifs is 1. The number of aromatic amines is 1. The summed E-state index contributed by atoms with van der Waals surface area (Å²) >= 11 is 1.76. The number of nitrogens with one attached hydrogen (secondary N) is 1. The highest BCUT2D eigenvalue weighted by molar-refractivity contribution is 7.09. The van der Waals surface area contributed by atoms with Crippen LogP contribution in [0.5, 0.6) is 0 Å². The van der Waals surface area contributed by atoms with E-state index in [0.717, 1.165) is 35.6 Å². The number of thiazole rings is 1. The zero-order chi connectivity index (χ0) is 15.1. The Labute approximate surface area is 134 Å². The number of likely N-dealkylation sites (tertiary alicyclic amines) is 1. The molecule has 4 nitrogen and oxygen atoms in total. The van der Waals surface area contributed by atoms with Gasteiger partial charge in [0.05, 0.1) is 28.3 Å². The van der Waals surface area contributed by atoms with Gasteiger partial charge < -0.3 is 4.98 Å². The van der Waals surface area contributed by atoms with Crippen molar-refractivity contribution in [3.8, 4) is 0 Å². The molecule has 1 aromatic carbocycles. The lowest BCUT2D eigenvalue weighted by Gasteiger charge is -2.22. The van der Waals surface area contributed by atoms with E-state index in [2.05, 4.69) is 46.9 Å². The van der Waals surface area contributed by atoms with Crippen molar-refractivity contribution < 1.29 is 0 Å². The van der Waals surface area contributed by atoms with Crippen LogP contribution < -0.4 is 0 Å². The molecule has 3 heterocycles. The molecule has 1 saturated heterocycles. The van der Waals surface area contributed by atoms with Crippen molar-refractivity contribution in [3.63, 3.8) is 0 Å². The highest BCUT2D eigenvalue weighted by Crippen LogP contribution is 2.33.